The summed E-state index contributed by atoms with van der Waals surface area (Å²) in [6, 6.07) is 6.53. The highest BCUT2D eigenvalue weighted by Crippen LogP contribution is 2.12. The third-order valence-corrected chi connectivity index (χ3v) is 1.61. The highest BCUT2D eigenvalue weighted by Gasteiger charge is 2.12. The molecule has 76 valence electrons. The van der Waals surface area contributed by atoms with E-state index >= 15 is 0 Å². The van der Waals surface area contributed by atoms with Crippen LogP contribution < -0.4 is 5.73 Å². The highest BCUT2D eigenvalue weighted by atomic mass is 19.3. The van der Waals surface area contributed by atoms with Crippen LogP contribution in [0.25, 0.3) is 0 Å². The van der Waals surface area contributed by atoms with Crippen molar-refractivity contribution in [3.05, 3.63) is 29.8 Å². The molecule has 5 heteroatoms. The number of carbonyl (C=O) groups is 1. The van der Waals surface area contributed by atoms with E-state index in [4.69, 9.17) is 5.73 Å². The molecule has 0 aromatic heterocycles. The molecule has 0 atom stereocenters. The second-order valence-electron chi connectivity index (χ2n) is 2.63. The van der Waals surface area contributed by atoms with Crippen molar-refractivity contribution in [1.82, 2.24) is 0 Å². The Balaban J connectivity index is 2.61. The van der Waals surface area contributed by atoms with Gasteiger partial charge in [0.05, 0.1) is 6.42 Å². The fourth-order valence-electron chi connectivity index (χ4n) is 0.992. The van der Waals surface area contributed by atoms with E-state index in [0.717, 1.165) is 0 Å². The summed E-state index contributed by atoms with van der Waals surface area (Å²) in [5.41, 5.74) is 6.38. The molecule has 0 heterocycles. The van der Waals surface area contributed by atoms with Gasteiger partial charge in [0, 0.05) is 5.69 Å². The summed E-state index contributed by atoms with van der Waals surface area (Å²) in [7, 11) is 0. The fourth-order valence-corrected chi connectivity index (χ4v) is 0.992. The van der Waals surface area contributed by atoms with Gasteiger partial charge in [-0.25, -0.2) is 0 Å². The quantitative estimate of drug-likeness (QED) is 0.596. The van der Waals surface area contributed by atoms with Crippen LogP contribution in [0.4, 0.5) is 14.5 Å². The van der Waals surface area contributed by atoms with Gasteiger partial charge in [0.1, 0.15) is 0 Å². The lowest BCUT2D eigenvalue weighted by atomic mass is 10.1. The van der Waals surface area contributed by atoms with Crippen LogP contribution in [0.2, 0.25) is 0 Å². The van der Waals surface area contributed by atoms with Crippen LogP contribution in [0.5, 0.6) is 0 Å². The van der Waals surface area contributed by atoms with Gasteiger partial charge in [0.2, 0.25) is 0 Å². The molecule has 1 aromatic rings. The zero-order valence-corrected chi connectivity index (χ0v) is 7.24. The van der Waals surface area contributed by atoms with Crippen molar-refractivity contribution in [3.63, 3.8) is 0 Å². The van der Waals surface area contributed by atoms with Crippen molar-refractivity contribution in [2.24, 2.45) is 0 Å². The van der Waals surface area contributed by atoms with Crippen molar-refractivity contribution in [2.45, 2.75) is 13.0 Å². The molecule has 3 nitrogen and oxygen atoms in total. The summed E-state index contributed by atoms with van der Waals surface area (Å²) < 4.78 is 26.9. The third kappa shape index (κ3) is 3.01. The second-order valence-corrected chi connectivity index (χ2v) is 2.63. The van der Waals surface area contributed by atoms with E-state index < -0.39 is 12.6 Å². The number of carbonyl (C=O) groups excluding carboxylic acids is 1. The summed E-state index contributed by atoms with van der Waals surface area (Å²) in [5.74, 6) is -0.988. The maximum atomic E-state index is 11.6. The van der Waals surface area contributed by atoms with Gasteiger partial charge >= 0.3 is 12.6 Å². The number of halogens is 2. The molecular formula is C9H9F2NO2. The molecule has 2 N–H and O–H groups in total. The maximum absolute atomic E-state index is 11.6. The van der Waals surface area contributed by atoms with Crippen LogP contribution in [0.1, 0.15) is 5.56 Å². The first-order valence-corrected chi connectivity index (χ1v) is 3.90. The van der Waals surface area contributed by atoms with Crippen molar-refractivity contribution < 1.29 is 18.3 Å². The molecule has 1 rings (SSSR count). The normalized spacial score (nSPS) is 10.2. The van der Waals surface area contributed by atoms with Crippen LogP contribution >= 0.6 is 0 Å². The monoisotopic (exact) mass is 201 g/mol. The Labute approximate surface area is 79.5 Å². The predicted octanol–water partition coefficient (Wildman–Crippen LogP) is 1.58. The molecule has 0 fully saturated rings. The lowest BCUT2D eigenvalue weighted by Gasteiger charge is -2.04. The summed E-state index contributed by atoms with van der Waals surface area (Å²) in [5, 5.41) is 0. The Kier molecular flexibility index (Phi) is 3.39. The number of esters is 1. The van der Waals surface area contributed by atoms with Crippen LogP contribution in [0, 0.1) is 0 Å². The van der Waals surface area contributed by atoms with E-state index in [1.165, 1.54) is 0 Å². The standard InChI is InChI=1S/C9H9F2NO2/c10-9(11)14-8(13)5-6-3-1-2-4-7(6)12/h1-4,9H,5,12H2. The molecule has 1 aromatic carbocycles. The third-order valence-electron chi connectivity index (χ3n) is 1.61. The van der Waals surface area contributed by atoms with Gasteiger partial charge in [-0.15, -0.1) is 0 Å². The Bertz CT molecular complexity index is 328. The topological polar surface area (TPSA) is 52.3 Å². The van der Waals surface area contributed by atoms with Gasteiger partial charge in [0.15, 0.2) is 0 Å². The molecule has 0 amide bonds. The Morgan fingerprint density at radius 2 is 2.07 bits per heavy atom. The Hall–Kier alpha value is -1.65. The van der Waals surface area contributed by atoms with Crippen molar-refractivity contribution in [3.8, 4) is 0 Å². The first-order valence-electron chi connectivity index (χ1n) is 3.90. The van der Waals surface area contributed by atoms with Gasteiger partial charge in [-0.3, -0.25) is 4.79 Å². The minimum atomic E-state index is -3.08. The van der Waals surface area contributed by atoms with Gasteiger partial charge in [-0.2, -0.15) is 8.78 Å². The van der Waals surface area contributed by atoms with E-state index in [1.807, 2.05) is 0 Å². The smallest absolute Gasteiger partial charge is 0.389 e. The van der Waals surface area contributed by atoms with Crippen molar-refractivity contribution in [1.29, 1.82) is 0 Å². The predicted molar refractivity (Wildman–Crippen MR) is 46.7 cm³/mol. The lowest BCUT2D eigenvalue weighted by Crippen LogP contribution is -2.12. The molecular weight excluding hydrogens is 192 g/mol. The molecule has 0 saturated carbocycles. The average Bonchev–Trinajstić information content (AvgIpc) is 2.07. The molecule has 0 aliphatic heterocycles. The number of hydrogen-bond acceptors (Lipinski definition) is 3. The average molecular weight is 201 g/mol. The van der Waals surface area contributed by atoms with Crippen molar-refractivity contribution >= 4 is 11.7 Å². The van der Waals surface area contributed by atoms with Crippen LogP contribution in [-0.2, 0) is 16.0 Å². The van der Waals surface area contributed by atoms with E-state index in [9.17, 15) is 13.6 Å². The summed E-state index contributed by atoms with van der Waals surface area (Å²) in [4.78, 5) is 10.8. The SMILES string of the molecule is Nc1ccccc1CC(=O)OC(F)F. The number of nitrogens with two attached hydrogens (primary N) is 1. The van der Waals surface area contributed by atoms with Crippen molar-refractivity contribution in [2.75, 3.05) is 5.73 Å². The lowest BCUT2D eigenvalue weighted by molar-refractivity contribution is -0.175. The molecule has 0 bridgehead atoms. The number of ether oxygens (including phenoxy) is 1. The maximum Gasteiger partial charge on any atom is 0.389 e. The first-order chi connectivity index (χ1) is 6.59. The second kappa shape index (κ2) is 4.55. The molecule has 14 heavy (non-hydrogen) atoms. The first kappa shape index (κ1) is 10.4. The van der Waals surface area contributed by atoms with E-state index in [2.05, 4.69) is 4.74 Å². The molecule has 0 saturated heterocycles. The summed E-state index contributed by atoms with van der Waals surface area (Å²) in [6.45, 7) is -3.08. The zero-order chi connectivity index (χ0) is 10.6. The number of rotatable bonds is 3. The van der Waals surface area contributed by atoms with Crippen LogP contribution in [0.3, 0.4) is 0 Å². The number of hydrogen-bond donors (Lipinski definition) is 1. The fraction of sp³-hybridized carbons (Fsp3) is 0.222. The van der Waals surface area contributed by atoms with Crippen LogP contribution in [-0.4, -0.2) is 12.6 Å². The largest absolute Gasteiger partial charge is 0.403 e. The number of anilines is 1. The minimum absolute atomic E-state index is 0.239. The van der Waals surface area contributed by atoms with Gasteiger partial charge < -0.3 is 10.5 Å². The number of para-hydroxylation sites is 1. The van der Waals surface area contributed by atoms with Gasteiger partial charge in [-0.05, 0) is 11.6 Å². The van der Waals surface area contributed by atoms with Crippen LogP contribution in [0.15, 0.2) is 24.3 Å². The molecule has 0 radical (unpaired) electrons. The number of alkyl halides is 2. The summed E-state index contributed by atoms with van der Waals surface area (Å²) >= 11 is 0. The number of benzene rings is 1. The van der Waals surface area contributed by atoms with Gasteiger partial charge in [-0.1, -0.05) is 18.2 Å². The zero-order valence-electron chi connectivity index (χ0n) is 7.24. The minimum Gasteiger partial charge on any atom is -0.403 e. The molecule has 0 aliphatic carbocycles. The Morgan fingerprint density at radius 1 is 1.43 bits per heavy atom. The summed E-state index contributed by atoms with van der Waals surface area (Å²) in [6.07, 6.45) is -0.239. The van der Waals surface area contributed by atoms with E-state index in [-0.39, 0.29) is 6.42 Å². The highest BCUT2D eigenvalue weighted by molar-refractivity contribution is 5.74. The molecule has 0 aliphatic rings. The van der Waals surface area contributed by atoms with E-state index in [1.54, 1.807) is 24.3 Å². The molecule has 0 unspecified atom stereocenters. The van der Waals surface area contributed by atoms with E-state index in [0.29, 0.717) is 11.3 Å². The van der Waals surface area contributed by atoms with Gasteiger partial charge in [0.25, 0.3) is 0 Å². The molecule has 0 spiro atoms. The Morgan fingerprint density at radius 3 is 2.64 bits per heavy atom. The number of nitrogen functional groups attached to an aromatic ring is 1.